The van der Waals surface area contributed by atoms with Crippen LogP contribution in [0.4, 0.5) is 5.69 Å². The summed E-state index contributed by atoms with van der Waals surface area (Å²) >= 11 is 0. The number of amides is 1. The topological polar surface area (TPSA) is 183 Å². The van der Waals surface area contributed by atoms with Gasteiger partial charge in [0.25, 0.3) is 0 Å². The van der Waals surface area contributed by atoms with Crippen molar-refractivity contribution in [3.8, 4) is 0 Å². The molecule has 1 aromatic carbocycles. The van der Waals surface area contributed by atoms with Gasteiger partial charge in [0.1, 0.15) is 10.9 Å². The maximum absolute atomic E-state index is 13.5. The summed E-state index contributed by atoms with van der Waals surface area (Å²) in [6.07, 6.45) is 3.02. The number of carboxylic acids is 1. The molecule has 1 saturated heterocycles. The highest BCUT2D eigenvalue weighted by atomic mass is 32.2. The Kier molecular flexibility index (Phi) is 10.7. The number of para-hydroxylation sites is 1. The predicted molar refractivity (Wildman–Crippen MR) is 146 cm³/mol. The summed E-state index contributed by atoms with van der Waals surface area (Å²) < 4.78 is 29.7. The molecule has 212 valence electrons. The van der Waals surface area contributed by atoms with Crippen LogP contribution in [0.25, 0.3) is 0 Å². The van der Waals surface area contributed by atoms with E-state index >= 15 is 0 Å². The molecule has 2 heterocycles. The zero-order valence-electron chi connectivity index (χ0n) is 22.1. The van der Waals surface area contributed by atoms with Crippen LogP contribution in [0.5, 0.6) is 0 Å². The molecule has 1 amide bonds. The average molecular weight is 552 g/mol. The van der Waals surface area contributed by atoms with Crippen molar-refractivity contribution in [3.05, 3.63) is 23.8 Å². The van der Waals surface area contributed by atoms with Crippen molar-refractivity contribution in [2.75, 3.05) is 51.1 Å². The number of sulfonamides is 1. The molecule has 13 heteroatoms. The number of carbonyl (C=O) groups is 2. The summed E-state index contributed by atoms with van der Waals surface area (Å²) in [4.78, 5) is 32.2. The number of carbonyl (C=O) groups excluding carboxylic acids is 1. The third-order valence-corrected chi connectivity index (χ3v) is 8.45. The first-order valence-electron chi connectivity index (χ1n) is 13.2. The molecule has 0 saturated carbocycles. The summed E-state index contributed by atoms with van der Waals surface area (Å²) in [5.74, 6) is -0.719. The summed E-state index contributed by atoms with van der Waals surface area (Å²) in [5.41, 5.74) is 12.4. The highest BCUT2D eigenvalue weighted by Crippen LogP contribution is 2.31. The Hall–Kier alpha value is -2.90. The predicted octanol–water partition coefficient (Wildman–Crippen LogP) is 0.390. The molecule has 1 unspecified atom stereocenters. The fourth-order valence-corrected chi connectivity index (χ4v) is 6.36. The standard InChI is InChI=1S/C25H41N7O5S/c1-18-16-19-6-4-8-21(23(19)29-17-18)38(36,37)30-20(7-5-10-28-25(26)27)24(35)32-14-12-31(13-15-32)11-3-2-9-22(33)34/h4,6,8,18,20,29-30H,2-3,5,7,9-17H2,1H3,(H,33,34)(H4,26,27,28)/t18?,20-/m0/s1. The maximum Gasteiger partial charge on any atom is 0.303 e. The van der Waals surface area contributed by atoms with E-state index in [0.29, 0.717) is 57.2 Å². The van der Waals surface area contributed by atoms with E-state index in [9.17, 15) is 18.0 Å². The van der Waals surface area contributed by atoms with E-state index in [0.717, 1.165) is 24.9 Å². The van der Waals surface area contributed by atoms with Gasteiger partial charge in [-0.1, -0.05) is 19.1 Å². The van der Waals surface area contributed by atoms with Crippen molar-refractivity contribution in [2.24, 2.45) is 22.4 Å². The molecule has 1 fully saturated rings. The van der Waals surface area contributed by atoms with Crippen LogP contribution in [-0.2, 0) is 26.0 Å². The van der Waals surface area contributed by atoms with E-state index in [4.69, 9.17) is 16.6 Å². The zero-order valence-corrected chi connectivity index (χ0v) is 22.9. The van der Waals surface area contributed by atoms with Crippen LogP contribution < -0.4 is 21.5 Å². The number of carboxylic acid groups (broad SMARTS) is 1. The van der Waals surface area contributed by atoms with Gasteiger partial charge in [-0.3, -0.25) is 19.5 Å². The maximum atomic E-state index is 13.5. The molecule has 0 aliphatic carbocycles. The lowest BCUT2D eigenvalue weighted by Crippen LogP contribution is -2.55. The number of aliphatic carboxylic acids is 1. The Labute approximate surface area is 224 Å². The van der Waals surface area contributed by atoms with E-state index in [1.165, 1.54) is 0 Å². The van der Waals surface area contributed by atoms with E-state index in [-0.39, 0.29) is 36.1 Å². The van der Waals surface area contributed by atoms with Crippen molar-refractivity contribution in [1.29, 1.82) is 0 Å². The van der Waals surface area contributed by atoms with E-state index in [1.807, 2.05) is 6.07 Å². The lowest BCUT2D eigenvalue weighted by Gasteiger charge is -2.36. The Morgan fingerprint density at radius 1 is 1.18 bits per heavy atom. The summed E-state index contributed by atoms with van der Waals surface area (Å²) in [6.45, 7) is 6.11. The highest BCUT2D eigenvalue weighted by Gasteiger charge is 2.32. The van der Waals surface area contributed by atoms with Crippen LogP contribution >= 0.6 is 0 Å². The van der Waals surface area contributed by atoms with Gasteiger partial charge in [-0.25, -0.2) is 8.42 Å². The quantitative estimate of drug-likeness (QED) is 0.131. The van der Waals surface area contributed by atoms with Gasteiger partial charge < -0.3 is 26.8 Å². The highest BCUT2D eigenvalue weighted by molar-refractivity contribution is 7.89. The van der Waals surface area contributed by atoms with Crippen LogP contribution in [0.2, 0.25) is 0 Å². The van der Waals surface area contributed by atoms with Gasteiger partial charge in [0.2, 0.25) is 15.9 Å². The number of unbranched alkanes of at least 4 members (excludes halogenated alkanes) is 1. The molecule has 7 N–H and O–H groups in total. The molecule has 12 nitrogen and oxygen atoms in total. The molecule has 2 aliphatic rings. The van der Waals surface area contributed by atoms with Crippen LogP contribution in [0.1, 0.15) is 44.6 Å². The van der Waals surface area contributed by atoms with E-state index < -0.39 is 22.0 Å². The van der Waals surface area contributed by atoms with Crippen molar-refractivity contribution in [2.45, 2.75) is 56.4 Å². The number of nitrogens with zero attached hydrogens (tertiary/aromatic N) is 3. The van der Waals surface area contributed by atoms with Crippen molar-refractivity contribution in [1.82, 2.24) is 14.5 Å². The van der Waals surface area contributed by atoms with Gasteiger partial charge in [0.15, 0.2) is 5.96 Å². The molecule has 0 bridgehead atoms. The second-order valence-corrected chi connectivity index (χ2v) is 11.8. The zero-order chi connectivity index (χ0) is 27.7. The minimum absolute atomic E-state index is 0.0517. The number of piperazine rings is 1. The van der Waals surface area contributed by atoms with Crippen LogP contribution in [0.15, 0.2) is 28.1 Å². The Morgan fingerprint density at radius 2 is 1.92 bits per heavy atom. The first kappa shape index (κ1) is 29.7. The van der Waals surface area contributed by atoms with Crippen LogP contribution in [-0.4, -0.2) is 93.0 Å². The first-order chi connectivity index (χ1) is 18.1. The number of rotatable bonds is 13. The molecule has 3 rings (SSSR count). The normalized spacial score (nSPS) is 18.8. The molecular weight excluding hydrogens is 510 g/mol. The lowest BCUT2D eigenvalue weighted by molar-refractivity contribution is -0.137. The molecule has 0 radical (unpaired) electrons. The molecule has 2 atom stereocenters. The van der Waals surface area contributed by atoms with Gasteiger partial charge in [0, 0.05) is 45.7 Å². The second-order valence-electron chi connectivity index (χ2n) is 10.1. The number of benzene rings is 1. The van der Waals surface area contributed by atoms with Gasteiger partial charge in [-0.15, -0.1) is 0 Å². The van der Waals surface area contributed by atoms with Crippen molar-refractivity contribution < 1.29 is 23.1 Å². The number of nitrogens with one attached hydrogen (secondary N) is 2. The number of hydrogen-bond donors (Lipinski definition) is 5. The van der Waals surface area contributed by atoms with Gasteiger partial charge in [0.05, 0.1) is 5.69 Å². The molecule has 38 heavy (non-hydrogen) atoms. The molecular formula is C25H41N7O5S. The molecule has 0 aromatic heterocycles. The monoisotopic (exact) mass is 551 g/mol. The fourth-order valence-electron chi connectivity index (χ4n) is 4.91. The van der Waals surface area contributed by atoms with Crippen LogP contribution in [0.3, 0.4) is 0 Å². The third kappa shape index (κ3) is 8.57. The summed E-state index contributed by atoms with van der Waals surface area (Å²) in [5, 5.41) is 12.0. The first-order valence-corrected chi connectivity index (χ1v) is 14.7. The van der Waals surface area contributed by atoms with Crippen LogP contribution in [0, 0.1) is 5.92 Å². The molecule has 1 aromatic rings. The van der Waals surface area contributed by atoms with Gasteiger partial charge in [-0.05, 0) is 56.2 Å². The van der Waals surface area contributed by atoms with E-state index in [1.54, 1.807) is 17.0 Å². The minimum atomic E-state index is -3.99. The molecule has 2 aliphatic heterocycles. The third-order valence-electron chi connectivity index (χ3n) is 6.94. The summed E-state index contributed by atoms with van der Waals surface area (Å²) in [6, 6.07) is 4.28. The van der Waals surface area contributed by atoms with Gasteiger partial charge in [-0.2, -0.15) is 4.72 Å². The fraction of sp³-hybridized carbons (Fsp3) is 0.640. The molecule has 0 spiro atoms. The number of anilines is 1. The number of guanidine groups is 1. The lowest BCUT2D eigenvalue weighted by atomic mass is 9.96. The second kappa shape index (κ2) is 13.8. The Bertz CT molecular complexity index is 1100. The largest absolute Gasteiger partial charge is 0.481 e. The average Bonchev–Trinajstić information content (AvgIpc) is 2.87. The number of fused-ring (bicyclic) bond motifs is 1. The van der Waals surface area contributed by atoms with Gasteiger partial charge >= 0.3 is 5.97 Å². The minimum Gasteiger partial charge on any atom is -0.481 e. The number of aliphatic imine (C=N–C) groups is 1. The number of hydrogen-bond acceptors (Lipinski definition) is 7. The SMILES string of the molecule is CC1CNc2c(cccc2S(=O)(=O)N[C@@H](CCCN=C(N)N)C(=O)N2CCN(CCCCC(=O)O)CC2)C1. The Balaban J connectivity index is 1.68. The summed E-state index contributed by atoms with van der Waals surface area (Å²) in [7, 11) is -3.99. The van der Waals surface area contributed by atoms with E-state index in [2.05, 4.69) is 26.9 Å². The Morgan fingerprint density at radius 3 is 2.61 bits per heavy atom. The van der Waals surface area contributed by atoms with Crippen molar-refractivity contribution in [3.63, 3.8) is 0 Å². The smallest absolute Gasteiger partial charge is 0.303 e. The number of nitrogens with two attached hydrogens (primary N) is 2. The van der Waals surface area contributed by atoms with Crippen molar-refractivity contribution >= 4 is 33.5 Å².